The van der Waals surface area contributed by atoms with Crippen LogP contribution >= 0.6 is 0 Å². The summed E-state index contributed by atoms with van der Waals surface area (Å²) in [6, 6.07) is 12.9. The number of benzene rings is 1. The second-order valence-electron chi connectivity index (χ2n) is 4.96. The van der Waals surface area contributed by atoms with Crippen LogP contribution in [-0.2, 0) is 19.6 Å². The van der Waals surface area contributed by atoms with Gasteiger partial charge in [-0.3, -0.25) is 4.90 Å². The first-order valence-corrected chi connectivity index (χ1v) is 6.83. The molecule has 0 spiro atoms. The van der Waals surface area contributed by atoms with Crippen molar-refractivity contribution in [1.29, 1.82) is 0 Å². The largest absolute Gasteiger partial charge is 0.370 e. The van der Waals surface area contributed by atoms with Crippen molar-refractivity contribution >= 4 is 5.82 Å². The van der Waals surface area contributed by atoms with Gasteiger partial charge in [-0.05, 0) is 24.1 Å². The van der Waals surface area contributed by atoms with Gasteiger partial charge in [0, 0.05) is 37.9 Å². The molecule has 3 nitrogen and oxygen atoms in total. The highest BCUT2D eigenvalue weighted by atomic mass is 15.1. The Labute approximate surface area is 114 Å². The van der Waals surface area contributed by atoms with Crippen molar-refractivity contribution in [2.45, 2.75) is 26.6 Å². The summed E-state index contributed by atoms with van der Waals surface area (Å²) in [5.74, 6) is 1.01. The number of fused-ring (bicyclic) bond motifs is 1. The monoisotopic (exact) mass is 253 g/mol. The van der Waals surface area contributed by atoms with E-state index in [0.717, 1.165) is 32.0 Å². The lowest BCUT2D eigenvalue weighted by Gasteiger charge is -2.17. The van der Waals surface area contributed by atoms with Crippen molar-refractivity contribution in [3.05, 3.63) is 59.3 Å². The first kappa shape index (κ1) is 12.2. The Morgan fingerprint density at radius 3 is 2.53 bits per heavy atom. The molecule has 0 amide bonds. The molecule has 0 bridgehead atoms. The average molecular weight is 253 g/mol. The summed E-state index contributed by atoms with van der Waals surface area (Å²) >= 11 is 0. The summed E-state index contributed by atoms with van der Waals surface area (Å²) in [7, 11) is 0. The topological polar surface area (TPSA) is 28.2 Å². The quantitative estimate of drug-likeness (QED) is 0.907. The molecule has 0 saturated carbocycles. The van der Waals surface area contributed by atoms with E-state index >= 15 is 0 Å². The van der Waals surface area contributed by atoms with Gasteiger partial charge in [0.25, 0.3) is 0 Å². The fourth-order valence-electron chi connectivity index (χ4n) is 2.65. The fraction of sp³-hybridized carbons (Fsp3) is 0.312. The number of hydrogen-bond donors (Lipinski definition) is 1. The molecule has 0 aliphatic carbocycles. The van der Waals surface area contributed by atoms with E-state index in [9.17, 15) is 0 Å². The molecular weight excluding hydrogens is 234 g/mol. The summed E-state index contributed by atoms with van der Waals surface area (Å²) in [5.41, 5.74) is 4.19. The van der Waals surface area contributed by atoms with Gasteiger partial charge in [-0.2, -0.15) is 0 Å². The molecule has 1 aliphatic heterocycles. The Morgan fingerprint density at radius 2 is 1.84 bits per heavy atom. The van der Waals surface area contributed by atoms with E-state index in [0.29, 0.717) is 0 Å². The molecule has 2 aromatic rings. The first-order valence-electron chi connectivity index (χ1n) is 6.83. The lowest BCUT2D eigenvalue weighted by atomic mass is 10.1. The van der Waals surface area contributed by atoms with E-state index < -0.39 is 0 Å². The third-order valence-electron chi connectivity index (χ3n) is 3.54. The number of hydrogen-bond acceptors (Lipinski definition) is 3. The van der Waals surface area contributed by atoms with Crippen molar-refractivity contribution < 1.29 is 0 Å². The van der Waals surface area contributed by atoms with Crippen LogP contribution in [0.2, 0.25) is 0 Å². The highest BCUT2D eigenvalue weighted by Gasteiger charge is 2.19. The zero-order valence-corrected chi connectivity index (χ0v) is 11.3. The van der Waals surface area contributed by atoms with Crippen LogP contribution in [0.3, 0.4) is 0 Å². The molecule has 0 radical (unpaired) electrons. The highest BCUT2D eigenvalue weighted by Crippen LogP contribution is 2.25. The third-order valence-corrected chi connectivity index (χ3v) is 3.54. The molecule has 0 saturated heterocycles. The van der Waals surface area contributed by atoms with Gasteiger partial charge in [-0.25, -0.2) is 4.98 Å². The maximum absolute atomic E-state index is 4.42. The zero-order valence-electron chi connectivity index (χ0n) is 11.3. The number of pyridine rings is 1. The maximum Gasteiger partial charge on any atom is 0.130 e. The molecule has 0 unspecified atom stereocenters. The van der Waals surface area contributed by atoms with Crippen LogP contribution in [0, 0.1) is 0 Å². The molecular formula is C16H19N3. The van der Waals surface area contributed by atoms with Crippen molar-refractivity contribution in [2.24, 2.45) is 0 Å². The molecule has 0 atom stereocenters. The van der Waals surface area contributed by atoms with Gasteiger partial charge in [0.05, 0.1) is 0 Å². The van der Waals surface area contributed by atoms with E-state index in [2.05, 4.69) is 52.5 Å². The zero-order chi connectivity index (χ0) is 13.1. The molecule has 0 fully saturated rings. The lowest BCUT2D eigenvalue weighted by Crippen LogP contribution is -2.17. The predicted molar refractivity (Wildman–Crippen MR) is 77.8 cm³/mol. The Kier molecular flexibility index (Phi) is 3.47. The number of aromatic nitrogens is 1. The minimum Gasteiger partial charge on any atom is -0.370 e. The second kappa shape index (κ2) is 5.41. The molecule has 1 aromatic carbocycles. The van der Waals surface area contributed by atoms with Gasteiger partial charge in [0.2, 0.25) is 0 Å². The summed E-state index contributed by atoms with van der Waals surface area (Å²) in [4.78, 5) is 6.88. The van der Waals surface area contributed by atoms with E-state index in [4.69, 9.17) is 0 Å². The van der Waals surface area contributed by atoms with Crippen LogP contribution in [0.1, 0.15) is 23.6 Å². The minimum atomic E-state index is 0.907. The first-order chi connectivity index (χ1) is 9.36. The molecule has 2 heterocycles. The van der Waals surface area contributed by atoms with Crippen LogP contribution in [0.4, 0.5) is 5.82 Å². The van der Waals surface area contributed by atoms with Gasteiger partial charge in [0.15, 0.2) is 0 Å². The summed E-state index contributed by atoms with van der Waals surface area (Å²) in [6.45, 7) is 6.03. The summed E-state index contributed by atoms with van der Waals surface area (Å²) < 4.78 is 0. The molecule has 1 aromatic heterocycles. The van der Waals surface area contributed by atoms with Crippen molar-refractivity contribution in [3.8, 4) is 0 Å². The standard InChI is InChI=1S/C16H19N3/c1-2-17-16-15(8-5-9-18-16)12-19-10-13-6-3-4-7-14(13)11-19/h3-9H,2,10-12H2,1H3,(H,17,18). The van der Waals surface area contributed by atoms with Gasteiger partial charge in [-0.15, -0.1) is 0 Å². The van der Waals surface area contributed by atoms with Crippen molar-refractivity contribution in [3.63, 3.8) is 0 Å². The molecule has 98 valence electrons. The van der Waals surface area contributed by atoms with Crippen molar-refractivity contribution in [2.75, 3.05) is 11.9 Å². The van der Waals surface area contributed by atoms with Crippen LogP contribution in [-0.4, -0.2) is 16.4 Å². The van der Waals surface area contributed by atoms with Gasteiger partial charge < -0.3 is 5.32 Å². The molecule has 3 rings (SSSR count). The summed E-state index contributed by atoms with van der Waals surface area (Å²) in [6.07, 6.45) is 1.85. The van der Waals surface area contributed by atoms with E-state index in [1.165, 1.54) is 16.7 Å². The lowest BCUT2D eigenvalue weighted by molar-refractivity contribution is 0.275. The van der Waals surface area contributed by atoms with E-state index in [-0.39, 0.29) is 0 Å². The van der Waals surface area contributed by atoms with Crippen LogP contribution < -0.4 is 5.32 Å². The normalized spacial score (nSPS) is 14.4. The molecule has 1 aliphatic rings. The minimum absolute atomic E-state index is 0.907. The molecule has 1 N–H and O–H groups in total. The SMILES string of the molecule is CCNc1ncccc1CN1Cc2ccccc2C1. The van der Waals surface area contributed by atoms with Gasteiger partial charge in [-0.1, -0.05) is 30.3 Å². The summed E-state index contributed by atoms with van der Waals surface area (Å²) in [5, 5.41) is 3.33. The Hall–Kier alpha value is -1.87. The van der Waals surface area contributed by atoms with E-state index in [1.807, 2.05) is 12.3 Å². The van der Waals surface area contributed by atoms with Gasteiger partial charge >= 0.3 is 0 Å². The number of anilines is 1. The fourth-order valence-corrected chi connectivity index (χ4v) is 2.65. The smallest absolute Gasteiger partial charge is 0.130 e. The van der Waals surface area contributed by atoms with E-state index in [1.54, 1.807) is 0 Å². The third kappa shape index (κ3) is 2.61. The number of nitrogens with zero attached hydrogens (tertiary/aromatic N) is 2. The Balaban J connectivity index is 1.74. The second-order valence-corrected chi connectivity index (χ2v) is 4.96. The van der Waals surface area contributed by atoms with Crippen molar-refractivity contribution in [1.82, 2.24) is 9.88 Å². The molecule has 19 heavy (non-hydrogen) atoms. The average Bonchev–Trinajstić information content (AvgIpc) is 2.83. The van der Waals surface area contributed by atoms with Gasteiger partial charge in [0.1, 0.15) is 5.82 Å². The number of nitrogens with one attached hydrogen (secondary N) is 1. The predicted octanol–water partition coefficient (Wildman–Crippen LogP) is 3.03. The molecule has 3 heteroatoms. The Bertz CT molecular complexity index is 540. The maximum atomic E-state index is 4.42. The van der Waals surface area contributed by atoms with Crippen LogP contribution in [0.25, 0.3) is 0 Å². The highest BCUT2D eigenvalue weighted by molar-refractivity contribution is 5.43. The number of rotatable bonds is 4. The van der Waals surface area contributed by atoms with Crippen LogP contribution in [0.15, 0.2) is 42.6 Å². The van der Waals surface area contributed by atoms with Crippen LogP contribution in [0.5, 0.6) is 0 Å². The Morgan fingerprint density at radius 1 is 1.11 bits per heavy atom.